The fourth-order valence-electron chi connectivity index (χ4n) is 1.49. The Morgan fingerprint density at radius 3 is 2.62 bits per heavy atom. The Balaban J connectivity index is 2.60. The SMILES string of the molecule is O=C1CCOc2c(Cl)cc(C(F)(F)F)cc21. The zero-order valence-electron chi connectivity index (χ0n) is 7.90. The summed E-state index contributed by atoms with van der Waals surface area (Å²) in [6.45, 7) is 0.150. The van der Waals surface area contributed by atoms with Crippen LogP contribution in [0.25, 0.3) is 0 Å². The molecule has 0 radical (unpaired) electrons. The van der Waals surface area contributed by atoms with Gasteiger partial charge in [0.2, 0.25) is 0 Å². The maximum Gasteiger partial charge on any atom is 0.416 e. The molecule has 1 heterocycles. The van der Waals surface area contributed by atoms with Crippen LogP contribution >= 0.6 is 11.6 Å². The van der Waals surface area contributed by atoms with Gasteiger partial charge in [0.05, 0.1) is 22.8 Å². The summed E-state index contributed by atoms with van der Waals surface area (Å²) in [7, 11) is 0. The number of ketones is 1. The van der Waals surface area contributed by atoms with E-state index in [1.807, 2.05) is 0 Å². The van der Waals surface area contributed by atoms with E-state index in [0.29, 0.717) is 0 Å². The van der Waals surface area contributed by atoms with Crippen LogP contribution in [-0.4, -0.2) is 12.4 Å². The van der Waals surface area contributed by atoms with E-state index in [4.69, 9.17) is 16.3 Å². The monoisotopic (exact) mass is 250 g/mol. The smallest absolute Gasteiger partial charge is 0.416 e. The van der Waals surface area contributed by atoms with Crippen LogP contribution in [0, 0.1) is 0 Å². The average Bonchev–Trinajstić information content (AvgIpc) is 2.18. The molecule has 0 spiro atoms. The molecule has 0 aromatic heterocycles. The minimum absolute atomic E-state index is 0.0471. The number of Topliss-reactive ketones (excluding diaryl/α,β-unsaturated/α-hetero) is 1. The van der Waals surface area contributed by atoms with Crippen molar-refractivity contribution in [2.24, 2.45) is 0 Å². The Morgan fingerprint density at radius 2 is 2.00 bits per heavy atom. The maximum atomic E-state index is 12.5. The van der Waals surface area contributed by atoms with Gasteiger partial charge in [-0.25, -0.2) is 0 Å². The Bertz CT molecular complexity index is 454. The molecule has 0 aliphatic carbocycles. The van der Waals surface area contributed by atoms with Crippen molar-refractivity contribution >= 4 is 17.4 Å². The highest BCUT2D eigenvalue weighted by Crippen LogP contribution is 2.39. The first-order chi connectivity index (χ1) is 7.39. The van der Waals surface area contributed by atoms with E-state index in [0.717, 1.165) is 12.1 Å². The molecule has 1 aliphatic heterocycles. The maximum absolute atomic E-state index is 12.5. The number of benzene rings is 1. The molecular formula is C10H6ClF3O2. The van der Waals surface area contributed by atoms with Crippen molar-refractivity contribution in [3.05, 3.63) is 28.3 Å². The molecule has 0 fully saturated rings. The molecule has 1 aromatic carbocycles. The van der Waals surface area contributed by atoms with E-state index in [1.54, 1.807) is 0 Å². The molecule has 0 bridgehead atoms. The topological polar surface area (TPSA) is 26.3 Å². The number of ether oxygens (including phenoxy) is 1. The highest BCUT2D eigenvalue weighted by Gasteiger charge is 2.34. The molecule has 86 valence electrons. The van der Waals surface area contributed by atoms with Crippen molar-refractivity contribution < 1.29 is 22.7 Å². The van der Waals surface area contributed by atoms with Crippen LogP contribution in [0.2, 0.25) is 5.02 Å². The number of fused-ring (bicyclic) bond motifs is 1. The average molecular weight is 251 g/mol. The zero-order chi connectivity index (χ0) is 11.9. The summed E-state index contributed by atoms with van der Waals surface area (Å²) >= 11 is 5.64. The third-order valence-electron chi connectivity index (χ3n) is 2.25. The van der Waals surface area contributed by atoms with E-state index in [9.17, 15) is 18.0 Å². The van der Waals surface area contributed by atoms with E-state index in [-0.39, 0.29) is 35.1 Å². The first-order valence-corrected chi connectivity index (χ1v) is 4.84. The molecule has 0 N–H and O–H groups in total. The van der Waals surface area contributed by atoms with Crippen LogP contribution in [-0.2, 0) is 6.18 Å². The number of alkyl halides is 3. The summed E-state index contributed by atoms with van der Waals surface area (Å²) in [5, 5.41) is -0.183. The van der Waals surface area contributed by atoms with Crippen LogP contribution in [0.15, 0.2) is 12.1 Å². The second kappa shape index (κ2) is 3.66. The zero-order valence-corrected chi connectivity index (χ0v) is 8.65. The highest BCUT2D eigenvalue weighted by atomic mass is 35.5. The van der Waals surface area contributed by atoms with Crippen molar-refractivity contribution in [2.75, 3.05) is 6.61 Å². The van der Waals surface area contributed by atoms with Gasteiger partial charge in [-0.15, -0.1) is 0 Å². The van der Waals surface area contributed by atoms with E-state index >= 15 is 0 Å². The van der Waals surface area contributed by atoms with Gasteiger partial charge in [-0.1, -0.05) is 11.6 Å². The van der Waals surface area contributed by atoms with E-state index in [2.05, 4.69) is 0 Å². The number of carbonyl (C=O) groups is 1. The molecular weight excluding hydrogens is 245 g/mol. The number of rotatable bonds is 0. The fraction of sp³-hybridized carbons (Fsp3) is 0.300. The molecule has 1 aromatic rings. The number of hydrogen-bond acceptors (Lipinski definition) is 2. The van der Waals surface area contributed by atoms with Crippen LogP contribution in [0.1, 0.15) is 22.3 Å². The molecule has 0 saturated heterocycles. The third-order valence-corrected chi connectivity index (χ3v) is 2.53. The third kappa shape index (κ3) is 1.87. The van der Waals surface area contributed by atoms with E-state index < -0.39 is 11.7 Å². The van der Waals surface area contributed by atoms with Crippen LogP contribution in [0.4, 0.5) is 13.2 Å². The van der Waals surface area contributed by atoms with Crippen molar-refractivity contribution in [3.8, 4) is 5.75 Å². The number of hydrogen-bond donors (Lipinski definition) is 0. The first-order valence-electron chi connectivity index (χ1n) is 4.46. The first kappa shape index (κ1) is 11.3. The second-order valence-electron chi connectivity index (χ2n) is 3.35. The summed E-state index contributed by atoms with van der Waals surface area (Å²) < 4.78 is 42.4. The predicted molar refractivity (Wildman–Crippen MR) is 50.9 cm³/mol. The molecule has 1 aliphatic rings. The molecule has 16 heavy (non-hydrogen) atoms. The number of halogens is 4. The van der Waals surface area contributed by atoms with Crippen molar-refractivity contribution in [1.82, 2.24) is 0 Å². The largest absolute Gasteiger partial charge is 0.491 e. The van der Waals surface area contributed by atoms with Gasteiger partial charge in [-0.05, 0) is 12.1 Å². The van der Waals surface area contributed by atoms with Crippen LogP contribution < -0.4 is 4.74 Å². The minimum atomic E-state index is -4.52. The Morgan fingerprint density at radius 1 is 1.31 bits per heavy atom. The van der Waals surface area contributed by atoms with E-state index in [1.165, 1.54) is 0 Å². The standard InChI is InChI=1S/C10H6ClF3O2/c11-7-4-5(10(12,13)14)3-6-8(15)1-2-16-9(6)7/h3-4H,1-2H2. The Kier molecular flexibility index (Phi) is 2.58. The molecule has 0 atom stereocenters. The molecule has 0 saturated carbocycles. The highest BCUT2D eigenvalue weighted by molar-refractivity contribution is 6.33. The second-order valence-corrected chi connectivity index (χ2v) is 3.76. The van der Waals surface area contributed by atoms with Gasteiger partial charge in [0, 0.05) is 6.42 Å². The molecule has 2 rings (SSSR count). The molecule has 2 nitrogen and oxygen atoms in total. The summed E-state index contributed by atoms with van der Waals surface area (Å²) in [5.74, 6) is -0.333. The Labute approximate surface area is 94.0 Å². The normalized spacial score (nSPS) is 15.6. The van der Waals surface area contributed by atoms with Gasteiger partial charge in [-0.3, -0.25) is 4.79 Å². The molecule has 0 unspecified atom stereocenters. The lowest BCUT2D eigenvalue weighted by atomic mass is 10.0. The summed E-state index contributed by atoms with van der Waals surface area (Å²) in [6, 6.07) is 1.54. The minimum Gasteiger partial charge on any atom is -0.491 e. The van der Waals surface area contributed by atoms with Crippen molar-refractivity contribution in [1.29, 1.82) is 0 Å². The van der Waals surface area contributed by atoms with Crippen molar-refractivity contribution in [2.45, 2.75) is 12.6 Å². The molecule has 0 amide bonds. The lowest BCUT2D eigenvalue weighted by Gasteiger charge is -2.19. The lowest BCUT2D eigenvalue weighted by Crippen LogP contribution is -2.17. The number of carbonyl (C=O) groups excluding carboxylic acids is 1. The van der Waals surface area contributed by atoms with Gasteiger partial charge in [0.15, 0.2) is 5.78 Å². The van der Waals surface area contributed by atoms with Gasteiger partial charge in [0.1, 0.15) is 5.75 Å². The van der Waals surface area contributed by atoms with Crippen molar-refractivity contribution in [3.63, 3.8) is 0 Å². The fourth-order valence-corrected chi connectivity index (χ4v) is 1.77. The quantitative estimate of drug-likeness (QED) is 0.706. The van der Waals surface area contributed by atoms with Gasteiger partial charge in [-0.2, -0.15) is 13.2 Å². The predicted octanol–water partition coefficient (Wildman–Crippen LogP) is 3.32. The van der Waals surface area contributed by atoms with Gasteiger partial charge >= 0.3 is 6.18 Å². The summed E-state index contributed by atoms with van der Waals surface area (Å²) in [5.41, 5.74) is -1.03. The Hall–Kier alpha value is -1.23. The van der Waals surface area contributed by atoms with Crippen LogP contribution in [0.5, 0.6) is 5.75 Å². The summed E-state index contributed by atoms with van der Waals surface area (Å²) in [4.78, 5) is 11.4. The van der Waals surface area contributed by atoms with Gasteiger partial charge < -0.3 is 4.74 Å². The van der Waals surface area contributed by atoms with Gasteiger partial charge in [0.25, 0.3) is 0 Å². The molecule has 6 heteroatoms. The van der Waals surface area contributed by atoms with Crippen LogP contribution in [0.3, 0.4) is 0 Å². The summed E-state index contributed by atoms with van der Waals surface area (Å²) in [6.07, 6.45) is -4.44. The lowest BCUT2D eigenvalue weighted by molar-refractivity contribution is -0.137.